The molecule has 0 spiro atoms. The second-order valence-corrected chi connectivity index (χ2v) is 4.29. The van der Waals surface area contributed by atoms with E-state index in [1.54, 1.807) is 13.8 Å². The maximum atomic E-state index is 12.1. The van der Waals surface area contributed by atoms with Gasteiger partial charge in [0, 0.05) is 5.54 Å². The molecule has 0 saturated heterocycles. The average Bonchev–Trinajstić information content (AvgIpc) is 2.39. The second-order valence-electron chi connectivity index (χ2n) is 4.29. The van der Waals surface area contributed by atoms with Crippen LogP contribution in [-0.4, -0.2) is 11.7 Å². The molecule has 1 aliphatic rings. The first kappa shape index (κ1) is 9.84. The average molecular weight is 181 g/mol. The van der Waals surface area contributed by atoms with Gasteiger partial charge in [-0.2, -0.15) is 13.2 Å². The molecule has 1 nitrogen and oxygen atoms in total. The summed E-state index contributed by atoms with van der Waals surface area (Å²) in [7, 11) is 0. The quantitative estimate of drug-likeness (QED) is 0.695. The third kappa shape index (κ3) is 1.91. The summed E-state index contributed by atoms with van der Waals surface area (Å²) in [6, 6.07) is 0. The van der Waals surface area contributed by atoms with Gasteiger partial charge in [0.05, 0.1) is 6.42 Å². The molecular formula is C8H14F3N. The molecule has 72 valence electrons. The molecule has 1 fully saturated rings. The molecule has 0 bridgehead atoms. The fraction of sp³-hybridized carbons (Fsp3) is 1.00. The van der Waals surface area contributed by atoms with E-state index in [9.17, 15) is 13.2 Å². The monoisotopic (exact) mass is 181 g/mol. The molecule has 12 heavy (non-hydrogen) atoms. The largest absolute Gasteiger partial charge is 0.389 e. The van der Waals surface area contributed by atoms with Crippen molar-refractivity contribution in [2.75, 3.05) is 0 Å². The van der Waals surface area contributed by atoms with Gasteiger partial charge >= 0.3 is 6.18 Å². The van der Waals surface area contributed by atoms with Crippen molar-refractivity contribution in [3.8, 4) is 0 Å². The summed E-state index contributed by atoms with van der Waals surface area (Å²) in [5.74, 6) is 0. The highest BCUT2D eigenvalue weighted by Gasteiger charge is 2.57. The van der Waals surface area contributed by atoms with Crippen LogP contribution < -0.4 is 5.73 Å². The molecule has 0 aromatic rings. The van der Waals surface area contributed by atoms with Gasteiger partial charge in [0.1, 0.15) is 0 Å². The van der Waals surface area contributed by atoms with Crippen LogP contribution in [-0.2, 0) is 0 Å². The van der Waals surface area contributed by atoms with E-state index < -0.39 is 23.6 Å². The Morgan fingerprint density at radius 3 is 1.75 bits per heavy atom. The number of halogens is 3. The summed E-state index contributed by atoms with van der Waals surface area (Å²) in [5.41, 5.74) is 4.30. The molecular weight excluding hydrogens is 167 g/mol. The molecule has 0 aromatic heterocycles. The molecule has 1 saturated carbocycles. The molecule has 0 unspecified atom stereocenters. The maximum Gasteiger partial charge on any atom is 0.389 e. The predicted octanol–water partition coefficient (Wildman–Crippen LogP) is 2.46. The minimum Gasteiger partial charge on any atom is -0.325 e. The summed E-state index contributed by atoms with van der Waals surface area (Å²) in [6.45, 7) is 3.34. The van der Waals surface area contributed by atoms with Crippen LogP contribution in [0.25, 0.3) is 0 Å². The Kier molecular flexibility index (Phi) is 1.95. The lowest BCUT2D eigenvalue weighted by Gasteiger charge is -2.31. The molecule has 0 amide bonds. The van der Waals surface area contributed by atoms with E-state index >= 15 is 0 Å². The topological polar surface area (TPSA) is 26.0 Å². The first-order chi connectivity index (χ1) is 5.16. The number of alkyl halides is 3. The van der Waals surface area contributed by atoms with Crippen LogP contribution in [0.3, 0.4) is 0 Å². The van der Waals surface area contributed by atoms with Crippen molar-refractivity contribution in [3.05, 3.63) is 0 Å². The Hall–Kier alpha value is -0.250. The van der Waals surface area contributed by atoms with Crippen LogP contribution in [0.2, 0.25) is 0 Å². The maximum absolute atomic E-state index is 12.1. The van der Waals surface area contributed by atoms with E-state index in [2.05, 4.69) is 0 Å². The van der Waals surface area contributed by atoms with Crippen molar-refractivity contribution in [1.82, 2.24) is 0 Å². The van der Waals surface area contributed by atoms with Crippen LogP contribution in [0.4, 0.5) is 13.2 Å². The highest BCUT2D eigenvalue weighted by Crippen LogP contribution is 2.58. The van der Waals surface area contributed by atoms with Crippen molar-refractivity contribution in [2.45, 2.75) is 44.8 Å². The lowest BCUT2D eigenvalue weighted by atomic mass is 9.82. The molecule has 0 radical (unpaired) electrons. The van der Waals surface area contributed by atoms with Crippen molar-refractivity contribution in [1.29, 1.82) is 0 Å². The Morgan fingerprint density at radius 1 is 1.25 bits per heavy atom. The zero-order valence-electron chi connectivity index (χ0n) is 7.33. The van der Waals surface area contributed by atoms with Gasteiger partial charge in [-0.3, -0.25) is 0 Å². The van der Waals surface area contributed by atoms with Gasteiger partial charge in [-0.25, -0.2) is 0 Å². The van der Waals surface area contributed by atoms with E-state index in [1.807, 2.05) is 0 Å². The first-order valence-corrected chi connectivity index (χ1v) is 4.02. The van der Waals surface area contributed by atoms with Crippen molar-refractivity contribution < 1.29 is 13.2 Å². The minimum absolute atomic E-state index is 0.607. The van der Waals surface area contributed by atoms with Crippen molar-refractivity contribution in [2.24, 2.45) is 11.1 Å². The third-order valence-corrected chi connectivity index (χ3v) is 2.76. The summed E-state index contributed by atoms with van der Waals surface area (Å²) >= 11 is 0. The van der Waals surface area contributed by atoms with Crippen LogP contribution in [0.5, 0.6) is 0 Å². The lowest BCUT2D eigenvalue weighted by Crippen LogP contribution is -2.44. The van der Waals surface area contributed by atoms with Crippen molar-refractivity contribution >= 4 is 0 Å². The predicted molar refractivity (Wildman–Crippen MR) is 40.6 cm³/mol. The summed E-state index contributed by atoms with van der Waals surface area (Å²) in [4.78, 5) is 0. The Bertz CT molecular complexity index is 174. The van der Waals surface area contributed by atoms with Crippen LogP contribution in [0.1, 0.15) is 33.1 Å². The molecule has 0 aromatic carbocycles. The normalized spacial score (nSPS) is 22.5. The van der Waals surface area contributed by atoms with Crippen LogP contribution in [0, 0.1) is 5.41 Å². The van der Waals surface area contributed by atoms with E-state index in [-0.39, 0.29) is 0 Å². The van der Waals surface area contributed by atoms with Crippen molar-refractivity contribution in [3.63, 3.8) is 0 Å². The minimum atomic E-state index is -4.08. The molecule has 4 heteroatoms. The highest BCUT2D eigenvalue weighted by molar-refractivity contribution is 5.07. The standard InChI is InChI=1S/C8H14F3N/c1-6(2,12)7(3-4-7)5-8(9,10)11/h3-5,12H2,1-2H3. The number of hydrogen-bond acceptors (Lipinski definition) is 1. The Labute approximate surface area is 70.1 Å². The number of nitrogens with two attached hydrogens (primary N) is 1. The van der Waals surface area contributed by atoms with Crippen LogP contribution >= 0.6 is 0 Å². The second kappa shape index (κ2) is 2.37. The van der Waals surface area contributed by atoms with Gasteiger partial charge in [-0.15, -0.1) is 0 Å². The molecule has 1 aliphatic carbocycles. The molecule has 2 N–H and O–H groups in total. The summed E-state index contributed by atoms with van der Waals surface area (Å²) in [6.07, 6.45) is -3.59. The van der Waals surface area contributed by atoms with Gasteiger partial charge in [0.2, 0.25) is 0 Å². The first-order valence-electron chi connectivity index (χ1n) is 4.02. The molecule has 0 aliphatic heterocycles. The molecule has 1 rings (SSSR count). The van der Waals surface area contributed by atoms with Gasteiger partial charge in [-0.1, -0.05) is 0 Å². The van der Waals surface area contributed by atoms with Crippen LogP contribution in [0.15, 0.2) is 0 Å². The van der Waals surface area contributed by atoms with E-state index in [0.29, 0.717) is 12.8 Å². The highest BCUT2D eigenvalue weighted by atomic mass is 19.4. The van der Waals surface area contributed by atoms with E-state index in [0.717, 1.165) is 0 Å². The summed E-state index contributed by atoms with van der Waals surface area (Å²) < 4.78 is 36.2. The lowest BCUT2D eigenvalue weighted by molar-refractivity contribution is -0.152. The van der Waals surface area contributed by atoms with Gasteiger partial charge in [0.15, 0.2) is 0 Å². The Morgan fingerprint density at radius 2 is 1.67 bits per heavy atom. The summed E-state index contributed by atoms with van der Waals surface area (Å²) in [5, 5.41) is 0. The molecule has 0 heterocycles. The zero-order valence-corrected chi connectivity index (χ0v) is 7.33. The molecule has 0 atom stereocenters. The third-order valence-electron chi connectivity index (χ3n) is 2.76. The van der Waals surface area contributed by atoms with E-state index in [4.69, 9.17) is 5.73 Å². The Balaban J connectivity index is 2.63. The fourth-order valence-electron chi connectivity index (χ4n) is 1.58. The van der Waals surface area contributed by atoms with Gasteiger partial charge in [0.25, 0.3) is 0 Å². The van der Waals surface area contributed by atoms with E-state index in [1.165, 1.54) is 0 Å². The smallest absolute Gasteiger partial charge is 0.325 e. The van der Waals surface area contributed by atoms with Gasteiger partial charge in [-0.05, 0) is 32.1 Å². The zero-order chi connectivity index (χ0) is 9.62. The SMILES string of the molecule is CC(C)(N)C1(CC(F)(F)F)CC1. The number of rotatable bonds is 2. The van der Waals surface area contributed by atoms with Gasteiger partial charge < -0.3 is 5.73 Å². The number of hydrogen-bond donors (Lipinski definition) is 1. The fourth-order valence-corrected chi connectivity index (χ4v) is 1.58.